The number of carbonyl (C=O) groups is 1. The van der Waals surface area contributed by atoms with Gasteiger partial charge in [0.15, 0.2) is 0 Å². The van der Waals surface area contributed by atoms with Crippen LogP contribution in [0.25, 0.3) is 0 Å². The van der Waals surface area contributed by atoms with Crippen LogP contribution in [-0.2, 0) is 20.4 Å². The van der Waals surface area contributed by atoms with Crippen LogP contribution in [0.5, 0.6) is 0 Å². The molecule has 0 spiro atoms. The van der Waals surface area contributed by atoms with E-state index < -0.39 is 0 Å². The molecule has 0 aromatic rings. The summed E-state index contributed by atoms with van der Waals surface area (Å²) in [7, 11) is 0.591. The minimum absolute atomic E-state index is 0.0168. The summed E-state index contributed by atoms with van der Waals surface area (Å²) in [6.45, 7) is 6.98. The molecule has 0 N–H and O–H groups in total. The van der Waals surface area contributed by atoms with Gasteiger partial charge in [-0.3, -0.25) is 4.79 Å². The second-order valence-electron chi connectivity index (χ2n) is 8.23. The van der Waals surface area contributed by atoms with Gasteiger partial charge >= 0.3 is 5.97 Å². The molecular formula is C25H51O2S+. The van der Waals surface area contributed by atoms with Crippen molar-refractivity contribution in [2.24, 2.45) is 0 Å². The number of unbranched alkanes of at least 4 members (excludes halogenated alkanes) is 13. The summed E-state index contributed by atoms with van der Waals surface area (Å²) in [6, 6.07) is 0. The Morgan fingerprint density at radius 3 is 1.50 bits per heavy atom. The summed E-state index contributed by atoms with van der Waals surface area (Å²) >= 11 is 0. The van der Waals surface area contributed by atoms with Crippen LogP contribution in [0.3, 0.4) is 0 Å². The standard InChI is InChI=1S/C25H51O2S/c1-4-7-9-10-11-12-13-14-15-16-17-19-23-28(22-8-5-2)24-20-18-21-25(26)27-6-3/h4-24H2,1-3H3/q+1. The third-order valence-electron chi connectivity index (χ3n) is 5.44. The van der Waals surface area contributed by atoms with Crippen LogP contribution in [0.15, 0.2) is 0 Å². The molecule has 28 heavy (non-hydrogen) atoms. The summed E-state index contributed by atoms with van der Waals surface area (Å²) < 4.78 is 5.03. The van der Waals surface area contributed by atoms with Crippen molar-refractivity contribution in [3.63, 3.8) is 0 Å². The Kier molecular flexibility index (Phi) is 23.0. The predicted octanol–water partition coefficient (Wildman–Crippen LogP) is 7.84. The SMILES string of the molecule is CCCCCCCCCCCCCC[S+](CCCC)CCCCC(=O)OCC. The summed E-state index contributed by atoms with van der Waals surface area (Å²) in [5.74, 6) is 4.15. The number of hydrogen-bond acceptors (Lipinski definition) is 2. The molecule has 0 radical (unpaired) electrons. The molecule has 3 heteroatoms. The number of rotatable bonds is 22. The lowest BCUT2D eigenvalue weighted by Gasteiger charge is -2.09. The van der Waals surface area contributed by atoms with Gasteiger partial charge in [0.2, 0.25) is 0 Å². The largest absolute Gasteiger partial charge is 0.466 e. The van der Waals surface area contributed by atoms with Crippen molar-refractivity contribution < 1.29 is 9.53 Å². The van der Waals surface area contributed by atoms with E-state index in [1.165, 1.54) is 114 Å². The van der Waals surface area contributed by atoms with Gasteiger partial charge in [0, 0.05) is 6.42 Å². The molecule has 0 fully saturated rings. The van der Waals surface area contributed by atoms with Crippen LogP contribution >= 0.6 is 0 Å². The van der Waals surface area contributed by atoms with Crippen molar-refractivity contribution in [1.82, 2.24) is 0 Å². The average Bonchev–Trinajstić information content (AvgIpc) is 2.69. The second kappa shape index (κ2) is 23.1. The number of carbonyl (C=O) groups excluding carboxylic acids is 1. The van der Waals surface area contributed by atoms with E-state index >= 15 is 0 Å². The van der Waals surface area contributed by atoms with Crippen molar-refractivity contribution in [1.29, 1.82) is 0 Å². The van der Waals surface area contributed by atoms with E-state index in [4.69, 9.17) is 4.74 Å². The molecule has 0 aliphatic heterocycles. The van der Waals surface area contributed by atoms with Gasteiger partial charge in [-0.1, -0.05) is 84.5 Å². The fraction of sp³-hybridized carbons (Fsp3) is 0.960. The minimum Gasteiger partial charge on any atom is -0.466 e. The van der Waals surface area contributed by atoms with Crippen LogP contribution in [0.4, 0.5) is 0 Å². The van der Waals surface area contributed by atoms with Crippen molar-refractivity contribution >= 4 is 16.9 Å². The number of ether oxygens (including phenoxy) is 1. The molecule has 1 atom stereocenters. The first kappa shape index (κ1) is 27.8. The van der Waals surface area contributed by atoms with Gasteiger partial charge in [-0.25, -0.2) is 0 Å². The van der Waals surface area contributed by atoms with Crippen LogP contribution < -0.4 is 0 Å². The lowest BCUT2D eigenvalue weighted by molar-refractivity contribution is -0.143. The molecule has 0 aromatic heterocycles. The van der Waals surface area contributed by atoms with E-state index in [1.54, 1.807) is 0 Å². The molecule has 168 valence electrons. The molecule has 0 aromatic carbocycles. The predicted molar refractivity (Wildman–Crippen MR) is 128 cm³/mol. The van der Waals surface area contributed by atoms with Crippen LogP contribution in [0.2, 0.25) is 0 Å². The zero-order valence-electron chi connectivity index (χ0n) is 19.6. The third kappa shape index (κ3) is 20.6. The normalized spacial score (nSPS) is 12.2. The van der Waals surface area contributed by atoms with Gasteiger partial charge in [-0.15, -0.1) is 0 Å². The topological polar surface area (TPSA) is 26.3 Å². The van der Waals surface area contributed by atoms with Gasteiger partial charge in [-0.2, -0.15) is 0 Å². The maximum absolute atomic E-state index is 11.4. The second-order valence-corrected chi connectivity index (χ2v) is 10.7. The quantitative estimate of drug-likeness (QED) is 0.102. The van der Waals surface area contributed by atoms with Crippen LogP contribution in [0, 0.1) is 0 Å². The average molecular weight is 416 g/mol. The Bertz CT molecular complexity index is 320. The molecule has 0 heterocycles. The molecule has 0 rings (SSSR count). The minimum atomic E-state index is -0.0168. The molecule has 0 aliphatic rings. The number of hydrogen-bond donors (Lipinski definition) is 0. The molecule has 0 saturated carbocycles. The summed E-state index contributed by atoms with van der Waals surface area (Å²) in [6.07, 6.45) is 22.7. The lowest BCUT2D eigenvalue weighted by atomic mass is 10.1. The van der Waals surface area contributed by atoms with Crippen molar-refractivity contribution in [2.75, 3.05) is 23.9 Å². The molecule has 0 bridgehead atoms. The Morgan fingerprint density at radius 1 is 0.571 bits per heavy atom. The highest BCUT2D eigenvalue weighted by molar-refractivity contribution is 7.96. The summed E-state index contributed by atoms with van der Waals surface area (Å²) in [5, 5.41) is 0. The molecule has 0 aliphatic carbocycles. The fourth-order valence-corrected chi connectivity index (χ4v) is 6.14. The molecule has 0 saturated heterocycles. The van der Waals surface area contributed by atoms with Gasteiger partial charge in [0.05, 0.1) is 6.61 Å². The monoisotopic (exact) mass is 415 g/mol. The van der Waals surface area contributed by atoms with E-state index in [-0.39, 0.29) is 5.97 Å². The Morgan fingerprint density at radius 2 is 1.00 bits per heavy atom. The number of esters is 1. The first-order chi connectivity index (χ1) is 13.7. The van der Waals surface area contributed by atoms with Crippen LogP contribution in [-0.4, -0.2) is 29.8 Å². The van der Waals surface area contributed by atoms with Gasteiger partial charge < -0.3 is 4.74 Å². The Labute approximate surface area is 180 Å². The van der Waals surface area contributed by atoms with E-state index in [0.717, 1.165) is 6.42 Å². The zero-order chi connectivity index (χ0) is 20.7. The van der Waals surface area contributed by atoms with Crippen molar-refractivity contribution in [3.8, 4) is 0 Å². The van der Waals surface area contributed by atoms with Crippen LogP contribution in [0.1, 0.15) is 130 Å². The highest BCUT2D eigenvalue weighted by Crippen LogP contribution is 2.14. The molecule has 1 unspecified atom stereocenters. The van der Waals surface area contributed by atoms with E-state index in [0.29, 0.717) is 23.9 Å². The summed E-state index contributed by atoms with van der Waals surface area (Å²) in [4.78, 5) is 11.4. The molecule has 2 nitrogen and oxygen atoms in total. The third-order valence-corrected chi connectivity index (χ3v) is 8.04. The zero-order valence-corrected chi connectivity index (χ0v) is 20.4. The molecular weight excluding hydrogens is 364 g/mol. The van der Waals surface area contributed by atoms with Gasteiger partial charge in [-0.05, 0) is 49.9 Å². The Balaban J connectivity index is 3.57. The fourth-order valence-electron chi connectivity index (χ4n) is 3.61. The highest BCUT2D eigenvalue weighted by atomic mass is 32.2. The maximum Gasteiger partial charge on any atom is 0.305 e. The lowest BCUT2D eigenvalue weighted by Crippen LogP contribution is -2.17. The smallest absolute Gasteiger partial charge is 0.305 e. The Hall–Kier alpha value is -0.180. The summed E-state index contributed by atoms with van der Waals surface area (Å²) in [5.41, 5.74) is 0. The van der Waals surface area contributed by atoms with E-state index in [9.17, 15) is 4.79 Å². The highest BCUT2D eigenvalue weighted by Gasteiger charge is 2.16. The van der Waals surface area contributed by atoms with Crippen molar-refractivity contribution in [3.05, 3.63) is 0 Å². The molecule has 0 amide bonds. The first-order valence-corrected chi connectivity index (χ1v) is 14.3. The van der Waals surface area contributed by atoms with Gasteiger partial charge in [0.1, 0.15) is 17.3 Å². The van der Waals surface area contributed by atoms with E-state index in [1.807, 2.05) is 6.92 Å². The van der Waals surface area contributed by atoms with E-state index in [2.05, 4.69) is 13.8 Å². The van der Waals surface area contributed by atoms with Crippen molar-refractivity contribution in [2.45, 2.75) is 130 Å². The maximum atomic E-state index is 11.4. The van der Waals surface area contributed by atoms with Gasteiger partial charge in [0.25, 0.3) is 0 Å². The first-order valence-electron chi connectivity index (χ1n) is 12.5.